The number of hydrogen-bond donors (Lipinski definition) is 1. The van der Waals surface area contributed by atoms with Crippen LogP contribution in [-0.4, -0.2) is 28.9 Å². The molecule has 1 aliphatic heterocycles. The lowest BCUT2D eigenvalue weighted by Gasteiger charge is -2.07. The fourth-order valence-corrected chi connectivity index (χ4v) is 2.60. The first-order chi connectivity index (χ1) is 9.10. The minimum absolute atomic E-state index is 0.197. The van der Waals surface area contributed by atoms with Crippen LogP contribution in [0.25, 0.3) is 0 Å². The van der Waals surface area contributed by atoms with Crippen molar-refractivity contribution in [3.05, 3.63) is 35.4 Å². The Bertz CT molecular complexity index is 525. The molecule has 0 aliphatic carbocycles. The van der Waals surface area contributed by atoms with Gasteiger partial charge in [0, 0.05) is 0 Å². The number of esters is 1. The van der Waals surface area contributed by atoms with Gasteiger partial charge in [-0.05, 0) is 31.0 Å². The number of ether oxygens (including phenoxy) is 1. The summed E-state index contributed by atoms with van der Waals surface area (Å²) < 4.78 is 4.90. The van der Waals surface area contributed by atoms with E-state index in [0.29, 0.717) is 23.8 Å². The van der Waals surface area contributed by atoms with Gasteiger partial charge in [0.15, 0.2) is 5.17 Å². The van der Waals surface area contributed by atoms with Crippen LogP contribution in [0, 0.1) is 0 Å². The molecule has 2 rings (SSSR count). The summed E-state index contributed by atoms with van der Waals surface area (Å²) in [6, 6.07) is 7.02. The maximum Gasteiger partial charge on any atom is 0.338 e. The Morgan fingerprint density at radius 3 is 2.63 bits per heavy atom. The smallest absolute Gasteiger partial charge is 0.338 e. The number of carbonyl (C=O) groups excluding carboxylic acids is 2. The van der Waals surface area contributed by atoms with E-state index in [2.05, 4.69) is 4.99 Å². The van der Waals surface area contributed by atoms with E-state index >= 15 is 0 Å². The third-order valence-electron chi connectivity index (χ3n) is 2.64. The molecule has 2 N–H and O–H groups in total. The van der Waals surface area contributed by atoms with Crippen LogP contribution >= 0.6 is 11.8 Å². The van der Waals surface area contributed by atoms with Crippen LogP contribution in [0.4, 0.5) is 0 Å². The van der Waals surface area contributed by atoms with Gasteiger partial charge in [-0.25, -0.2) is 4.79 Å². The zero-order valence-electron chi connectivity index (χ0n) is 10.5. The molecule has 1 aliphatic rings. The van der Waals surface area contributed by atoms with Gasteiger partial charge in [-0.1, -0.05) is 23.9 Å². The normalized spacial score (nSPS) is 18.3. The largest absolute Gasteiger partial charge is 0.462 e. The minimum Gasteiger partial charge on any atom is -0.462 e. The maximum absolute atomic E-state index is 11.5. The summed E-state index contributed by atoms with van der Waals surface area (Å²) in [6.45, 7) is 2.12. The molecule has 0 saturated carbocycles. The highest BCUT2D eigenvalue weighted by molar-refractivity contribution is 8.15. The molecule has 6 heteroatoms. The summed E-state index contributed by atoms with van der Waals surface area (Å²) in [5, 5.41) is 0.0617. The molecule has 19 heavy (non-hydrogen) atoms. The summed E-state index contributed by atoms with van der Waals surface area (Å²) in [6.07, 6.45) is 0.552. The molecular formula is C13H14N2O3S. The van der Waals surface area contributed by atoms with Gasteiger partial charge in [-0.15, -0.1) is 0 Å². The van der Waals surface area contributed by atoms with Gasteiger partial charge in [-0.3, -0.25) is 4.79 Å². The quantitative estimate of drug-likeness (QED) is 0.841. The Balaban J connectivity index is 2.00. The van der Waals surface area contributed by atoms with Crippen LogP contribution in [0.2, 0.25) is 0 Å². The van der Waals surface area contributed by atoms with Crippen LogP contribution in [-0.2, 0) is 16.0 Å². The second-order valence-electron chi connectivity index (χ2n) is 4.02. The highest BCUT2D eigenvalue weighted by atomic mass is 32.2. The zero-order chi connectivity index (χ0) is 13.8. The van der Waals surface area contributed by atoms with Crippen molar-refractivity contribution in [2.75, 3.05) is 6.61 Å². The first-order valence-corrected chi connectivity index (χ1v) is 6.79. The highest BCUT2D eigenvalue weighted by Crippen LogP contribution is 2.23. The number of amidine groups is 1. The number of carbonyl (C=O) groups is 2. The average molecular weight is 278 g/mol. The third kappa shape index (κ3) is 3.35. The molecule has 100 valence electrons. The lowest BCUT2D eigenvalue weighted by molar-refractivity contribution is -0.117. The lowest BCUT2D eigenvalue weighted by Crippen LogP contribution is -2.14. The van der Waals surface area contributed by atoms with E-state index in [0.717, 1.165) is 5.56 Å². The number of thioether (sulfide) groups is 1. The maximum atomic E-state index is 11.5. The number of aliphatic imine (C=N–C) groups is 1. The molecule has 1 atom stereocenters. The predicted octanol–water partition coefficient (Wildman–Crippen LogP) is 1.36. The number of nitrogens with two attached hydrogens (primary N) is 1. The van der Waals surface area contributed by atoms with Crippen molar-refractivity contribution in [1.29, 1.82) is 0 Å². The molecule has 1 heterocycles. The zero-order valence-corrected chi connectivity index (χ0v) is 11.3. The number of benzene rings is 1. The Labute approximate surface area is 115 Å². The molecule has 1 aromatic carbocycles. The van der Waals surface area contributed by atoms with E-state index < -0.39 is 0 Å². The third-order valence-corrected chi connectivity index (χ3v) is 3.63. The Morgan fingerprint density at radius 1 is 1.42 bits per heavy atom. The van der Waals surface area contributed by atoms with Crippen LogP contribution in [0.15, 0.2) is 29.3 Å². The van der Waals surface area contributed by atoms with E-state index in [9.17, 15) is 9.59 Å². The van der Waals surface area contributed by atoms with Crippen molar-refractivity contribution in [3.8, 4) is 0 Å². The molecule has 1 amide bonds. The Kier molecular flexibility index (Phi) is 4.21. The van der Waals surface area contributed by atoms with Gasteiger partial charge >= 0.3 is 5.97 Å². The van der Waals surface area contributed by atoms with Crippen molar-refractivity contribution in [2.24, 2.45) is 10.7 Å². The molecule has 0 radical (unpaired) electrons. The highest BCUT2D eigenvalue weighted by Gasteiger charge is 2.26. The first-order valence-electron chi connectivity index (χ1n) is 5.91. The van der Waals surface area contributed by atoms with Gasteiger partial charge in [0.2, 0.25) is 0 Å². The topological polar surface area (TPSA) is 81.8 Å². The summed E-state index contributed by atoms with van der Waals surface area (Å²) >= 11 is 1.27. The van der Waals surface area contributed by atoms with Crippen molar-refractivity contribution >= 4 is 28.8 Å². The van der Waals surface area contributed by atoms with E-state index in [1.807, 2.05) is 12.1 Å². The molecule has 0 aromatic heterocycles. The first kappa shape index (κ1) is 13.6. The monoisotopic (exact) mass is 278 g/mol. The molecule has 1 aromatic rings. The Morgan fingerprint density at radius 2 is 2.11 bits per heavy atom. The van der Waals surface area contributed by atoms with Gasteiger partial charge in [-0.2, -0.15) is 4.99 Å². The Hall–Kier alpha value is -1.82. The average Bonchev–Trinajstić information content (AvgIpc) is 2.69. The minimum atomic E-state index is -0.340. The van der Waals surface area contributed by atoms with Gasteiger partial charge < -0.3 is 10.5 Å². The summed E-state index contributed by atoms with van der Waals surface area (Å²) in [5.41, 5.74) is 6.97. The SMILES string of the molecule is CCOC(=O)c1ccc(C[C@H]2SC(N)=NC2=O)cc1. The second-order valence-corrected chi connectivity index (χ2v) is 5.24. The van der Waals surface area contributed by atoms with Crippen LogP contribution in [0.5, 0.6) is 0 Å². The number of nitrogens with zero attached hydrogens (tertiary/aromatic N) is 1. The van der Waals surface area contributed by atoms with Crippen molar-refractivity contribution in [1.82, 2.24) is 0 Å². The molecular weight excluding hydrogens is 264 g/mol. The summed E-state index contributed by atoms with van der Waals surface area (Å²) in [5.74, 6) is -0.537. The summed E-state index contributed by atoms with van der Waals surface area (Å²) in [4.78, 5) is 26.6. The van der Waals surface area contributed by atoms with Crippen molar-refractivity contribution in [2.45, 2.75) is 18.6 Å². The van der Waals surface area contributed by atoms with Crippen molar-refractivity contribution < 1.29 is 14.3 Å². The van der Waals surface area contributed by atoms with E-state index in [1.165, 1.54) is 11.8 Å². The van der Waals surface area contributed by atoms with Gasteiger partial charge in [0.25, 0.3) is 5.91 Å². The molecule has 0 unspecified atom stereocenters. The fraction of sp³-hybridized carbons (Fsp3) is 0.308. The van der Waals surface area contributed by atoms with Crippen LogP contribution in [0.1, 0.15) is 22.8 Å². The summed E-state index contributed by atoms with van der Waals surface area (Å²) in [7, 11) is 0. The van der Waals surface area contributed by atoms with E-state index in [-0.39, 0.29) is 17.1 Å². The van der Waals surface area contributed by atoms with Gasteiger partial charge in [0.05, 0.1) is 17.4 Å². The molecule has 0 spiro atoms. The molecule has 0 fully saturated rings. The number of hydrogen-bond acceptors (Lipinski definition) is 5. The van der Waals surface area contributed by atoms with E-state index in [1.54, 1.807) is 19.1 Å². The van der Waals surface area contributed by atoms with E-state index in [4.69, 9.17) is 10.5 Å². The molecule has 0 bridgehead atoms. The van der Waals surface area contributed by atoms with Crippen LogP contribution in [0.3, 0.4) is 0 Å². The van der Waals surface area contributed by atoms with Crippen molar-refractivity contribution in [3.63, 3.8) is 0 Å². The molecule has 5 nitrogen and oxygen atoms in total. The second kappa shape index (κ2) is 5.88. The predicted molar refractivity (Wildman–Crippen MR) is 74.1 cm³/mol. The fourth-order valence-electron chi connectivity index (χ4n) is 1.74. The number of rotatable bonds is 4. The number of amides is 1. The van der Waals surface area contributed by atoms with Crippen LogP contribution < -0.4 is 5.73 Å². The molecule has 0 saturated heterocycles. The van der Waals surface area contributed by atoms with Gasteiger partial charge in [0.1, 0.15) is 0 Å². The standard InChI is InChI=1S/C13H14N2O3S/c1-2-18-12(17)9-5-3-8(4-6-9)7-10-11(16)15-13(14)19-10/h3-6,10H,2,7H2,1H3,(H2,14,15,16)/t10-/m1/s1. The lowest BCUT2D eigenvalue weighted by atomic mass is 10.1.